The maximum Gasteiger partial charge on any atom is 0.0700 e. The number of hydrogen-bond donors (Lipinski definition) is 1. The van der Waals surface area contributed by atoms with Crippen LogP contribution in [0.15, 0.2) is 0 Å². The van der Waals surface area contributed by atoms with Crippen molar-refractivity contribution in [2.45, 2.75) is 51.2 Å². The summed E-state index contributed by atoms with van der Waals surface area (Å²) in [5.74, 6) is 0.780. The molecule has 1 aliphatic carbocycles. The van der Waals surface area contributed by atoms with Crippen molar-refractivity contribution in [2.24, 2.45) is 11.7 Å². The third-order valence-electron chi connectivity index (χ3n) is 4.21. The molecule has 0 radical (unpaired) electrons. The fourth-order valence-corrected chi connectivity index (χ4v) is 3.00. The third-order valence-corrected chi connectivity index (χ3v) is 4.21. The van der Waals surface area contributed by atoms with Gasteiger partial charge in [-0.15, -0.1) is 0 Å². The molecule has 2 aliphatic rings. The average molecular weight is 226 g/mol. The Hall–Kier alpha value is -0.120. The van der Waals surface area contributed by atoms with Gasteiger partial charge in [0.1, 0.15) is 0 Å². The van der Waals surface area contributed by atoms with Crippen molar-refractivity contribution in [3.63, 3.8) is 0 Å². The lowest BCUT2D eigenvalue weighted by molar-refractivity contribution is -0.0310. The zero-order valence-corrected chi connectivity index (χ0v) is 10.5. The first-order valence-electron chi connectivity index (χ1n) is 6.89. The second-order valence-electron chi connectivity index (χ2n) is 5.35. The molecule has 1 heterocycles. The van der Waals surface area contributed by atoms with Gasteiger partial charge in [-0.25, -0.2) is 0 Å². The third kappa shape index (κ3) is 3.19. The summed E-state index contributed by atoms with van der Waals surface area (Å²) in [6, 6.07) is 0.475. The summed E-state index contributed by atoms with van der Waals surface area (Å²) in [6.07, 6.45) is 6.82. The van der Waals surface area contributed by atoms with E-state index in [9.17, 15) is 0 Å². The largest absolute Gasteiger partial charge is 0.376 e. The Bertz CT molecular complexity index is 210. The lowest BCUT2D eigenvalue weighted by Gasteiger charge is -2.33. The molecule has 2 fully saturated rings. The summed E-state index contributed by atoms with van der Waals surface area (Å²) < 4.78 is 5.68. The normalized spacial score (nSPS) is 36.8. The molecular weight excluding hydrogens is 200 g/mol. The SMILES string of the molecule is CCC1CN(CCC2CCCC2N)CCO1. The van der Waals surface area contributed by atoms with Crippen molar-refractivity contribution in [1.82, 2.24) is 4.90 Å². The van der Waals surface area contributed by atoms with Gasteiger partial charge in [0, 0.05) is 19.1 Å². The van der Waals surface area contributed by atoms with E-state index in [2.05, 4.69) is 11.8 Å². The summed E-state index contributed by atoms with van der Waals surface area (Å²) in [6.45, 7) is 6.57. The number of ether oxygens (including phenoxy) is 1. The van der Waals surface area contributed by atoms with Gasteiger partial charge in [0.25, 0.3) is 0 Å². The van der Waals surface area contributed by atoms with Crippen LogP contribution in [-0.4, -0.2) is 43.3 Å². The maximum atomic E-state index is 6.10. The quantitative estimate of drug-likeness (QED) is 0.791. The van der Waals surface area contributed by atoms with Gasteiger partial charge in [0.15, 0.2) is 0 Å². The van der Waals surface area contributed by atoms with Gasteiger partial charge in [-0.2, -0.15) is 0 Å². The number of rotatable bonds is 4. The van der Waals surface area contributed by atoms with Gasteiger partial charge in [-0.3, -0.25) is 4.90 Å². The van der Waals surface area contributed by atoms with Gasteiger partial charge in [-0.1, -0.05) is 13.3 Å². The second-order valence-corrected chi connectivity index (χ2v) is 5.35. The summed E-state index contributed by atoms with van der Waals surface area (Å²) in [5.41, 5.74) is 6.10. The summed E-state index contributed by atoms with van der Waals surface area (Å²) >= 11 is 0. The molecule has 3 unspecified atom stereocenters. The average Bonchev–Trinajstić information content (AvgIpc) is 2.72. The van der Waals surface area contributed by atoms with E-state index in [-0.39, 0.29) is 0 Å². The van der Waals surface area contributed by atoms with E-state index in [0.717, 1.165) is 32.0 Å². The Morgan fingerprint density at radius 3 is 2.94 bits per heavy atom. The second kappa shape index (κ2) is 5.99. The van der Waals surface area contributed by atoms with E-state index in [1.54, 1.807) is 0 Å². The van der Waals surface area contributed by atoms with Crippen LogP contribution < -0.4 is 5.73 Å². The van der Waals surface area contributed by atoms with Crippen LogP contribution in [0, 0.1) is 5.92 Å². The Morgan fingerprint density at radius 1 is 1.38 bits per heavy atom. The Kier molecular flexibility index (Phi) is 4.62. The Morgan fingerprint density at radius 2 is 2.25 bits per heavy atom. The number of hydrogen-bond acceptors (Lipinski definition) is 3. The molecule has 0 bridgehead atoms. The fraction of sp³-hybridized carbons (Fsp3) is 1.00. The minimum atomic E-state index is 0.464. The highest BCUT2D eigenvalue weighted by Crippen LogP contribution is 2.27. The van der Waals surface area contributed by atoms with E-state index < -0.39 is 0 Å². The molecule has 0 spiro atoms. The van der Waals surface area contributed by atoms with Crippen LogP contribution in [0.4, 0.5) is 0 Å². The molecule has 3 heteroatoms. The maximum absolute atomic E-state index is 6.10. The molecule has 3 nitrogen and oxygen atoms in total. The first-order valence-corrected chi connectivity index (χ1v) is 6.89. The zero-order chi connectivity index (χ0) is 11.4. The van der Waals surface area contributed by atoms with Gasteiger partial charge in [-0.05, 0) is 38.1 Å². The van der Waals surface area contributed by atoms with Crippen LogP contribution in [0.2, 0.25) is 0 Å². The van der Waals surface area contributed by atoms with Crippen LogP contribution in [0.1, 0.15) is 39.0 Å². The molecule has 3 atom stereocenters. The molecule has 94 valence electrons. The van der Waals surface area contributed by atoms with Crippen molar-refractivity contribution in [3.8, 4) is 0 Å². The summed E-state index contributed by atoms with van der Waals surface area (Å²) in [5, 5.41) is 0. The zero-order valence-electron chi connectivity index (χ0n) is 10.5. The minimum Gasteiger partial charge on any atom is -0.376 e. The fourth-order valence-electron chi connectivity index (χ4n) is 3.00. The Labute approximate surface area is 99.3 Å². The number of morpholine rings is 1. The van der Waals surface area contributed by atoms with E-state index in [4.69, 9.17) is 10.5 Å². The van der Waals surface area contributed by atoms with Gasteiger partial charge in [0.05, 0.1) is 12.7 Å². The highest BCUT2D eigenvalue weighted by molar-refractivity contribution is 4.81. The van der Waals surface area contributed by atoms with Crippen LogP contribution in [0.3, 0.4) is 0 Å². The van der Waals surface area contributed by atoms with Crippen LogP contribution in [0.25, 0.3) is 0 Å². The van der Waals surface area contributed by atoms with E-state index in [1.165, 1.54) is 32.2 Å². The molecule has 1 aliphatic heterocycles. The smallest absolute Gasteiger partial charge is 0.0700 e. The molecule has 2 N–H and O–H groups in total. The molecule has 16 heavy (non-hydrogen) atoms. The van der Waals surface area contributed by atoms with Crippen LogP contribution in [0.5, 0.6) is 0 Å². The van der Waals surface area contributed by atoms with Crippen LogP contribution >= 0.6 is 0 Å². The lowest BCUT2D eigenvalue weighted by Crippen LogP contribution is -2.43. The van der Waals surface area contributed by atoms with E-state index in [0.29, 0.717) is 12.1 Å². The molecule has 0 aromatic heterocycles. The van der Waals surface area contributed by atoms with Gasteiger partial charge >= 0.3 is 0 Å². The highest BCUT2D eigenvalue weighted by Gasteiger charge is 2.25. The highest BCUT2D eigenvalue weighted by atomic mass is 16.5. The first-order chi connectivity index (χ1) is 7.79. The predicted molar refractivity (Wildman–Crippen MR) is 66.4 cm³/mol. The molecule has 0 aromatic rings. The Balaban J connectivity index is 1.68. The number of nitrogens with zero attached hydrogens (tertiary/aromatic N) is 1. The minimum absolute atomic E-state index is 0.464. The van der Waals surface area contributed by atoms with Gasteiger partial charge < -0.3 is 10.5 Å². The first kappa shape index (κ1) is 12.3. The molecule has 1 saturated carbocycles. The van der Waals surface area contributed by atoms with Crippen molar-refractivity contribution < 1.29 is 4.74 Å². The van der Waals surface area contributed by atoms with Crippen molar-refractivity contribution >= 4 is 0 Å². The lowest BCUT2D eigenvalue weighted by atomic mass is 10.00. The predicted octanol–water partition coefficient (Wildman–Crippen LogP) is 1.61. The number of nitrogens with two attached hydrogens (primary N) is 1. The molecular formula is C13H26N2O. The van der Waals surface area contributed by atoms with Crippen molar-refractivity contribution in [2.75, 3.05) is 26.2 Å². The molecule has 2 rings (SSSR count). The van der Waals surface area contributed by atoms with Crippen LogP contribution in [-0.2, 0) is 4.74 Å². The summed E-state index contributed by atoms with van der Waals surface area (Å²) in [7, 11) is 0. The summed E-state index contributed by atoms with van der Waals surface area (Å²) in [4.78, 5) is 2.56. The molecule has 0 aromatic carbocycles. The topological polar surface area (TPSA) is 38.5 Å². The molecule has 0 amide bonds. The van der Waals surface area contributed by atoms with Crippen molar-refractivity contribution in [1.29, 1.82) is 0 Å². The van der Waals surface area contributed by atoms with Gasteiger partial charge in [0.2, 0.25) is 0 Å². The van der Waals surface area contributed by atoms with E-state index >= 15 is 0 Å². The van der Waals surface area contributed by atoms with E-state index in [1.807, 2.05) is 0 Å². The molecule has 1 saturated heterocycles. The monoisotopic (exact) mass is 226 g/mol. The standard InChI is InChI=1S/C13H26N2O/c1-2-12-10-15(8-9-16-12)7-6-11-4-3-5-13(11)14/h11-13H,2-10,14H2,1H3. The van der Waals surface area contributed by atoms with Crippen molar-refractivity contribution in [3.05, 3.63) is 0 Å².